The zero-order valence-corrected chi connectivity index (χ0v) is 24.0. The minimum absolute atomic E-state index is 0.0373. The summed E-state index contributed by atoms with van der Waals surface area (Å²) in [6.07, 6.45) is 0. The largest absolute Gasteiger partial charge is 0.478 e. The topological polar surface area (TPSA) is 83.8 Å². The smallest absolute Gasteiger partial charge is 0.336 e. The van der Waals surface area contributed by atoms with Crippen molar-refractivity contribution in [3.63, 3.8) is 0 Å². The Morgan fingerprint density at radius 2 is 1.15 bits per heavy atom. The summed E-state index contributed by atoms with van der Waals surface area (Å²) >= 11 is 0. The van der Waals surface area contributed by atoms with Crippen LogP contribution in [0.15, 0.2) is 72.8 Å². The highest BCUT2D eigenvalue weighted by Gasteiger charge is 2.25. The number of aromatic carboxylic acids is 2. The number of carboxylic acids is 2. The monoisotopic (exact) mass is 544 g/mol. The molecule has 6 rings (SSSR count). The van der Waals surface area contributed by atoms with Crippen molar-refractivity contribution in [3.8, 4) is 11.5 Å². The lowest BCUT2D eigenvalue weighted by Gasteiger charge is -2.26. The molecule has 0 heterocycles. The maximum absolute atomic E-state index is 12.3. The zero-order chi connectivity index (χ0) is 29.4. The minimum atomic E-state index is -1.17. The van der Waals surface area contributed by atoms with Crippen molar-refractivity contribution in [1.82, 2.24) is 0 Å². The molecule has 0 bridgehead atoms. The predicted molar refractivity (Wildman–Crippen MR) is 165 cm³/mol. The SMILES string of the molecule is CC(C)(C)c1cc(Oc2ccc3cccc4c5ccc(C(=O)O)c6c(C(=O)O)ccc(c2c34)c65)cc(C(C)(C)C)c1. The standard InChI is InChI=1S/C36H32O5/c1-35(2,3)20-16-21(36(4,5)6)18-22(17-20)41-28-15-10-19-8-7-9-23-24-11-13-26(33(37)38)31-27(34(39)40)14-12-25(30(24)31)32(28)29(19)23/h7-18H,1-6H3,(H,37,38)(H,39,40). The van der Waals surface area contributed by atoms with Gasteiger partial charge in [-0.05, 0) is 79.2 Å². The number of carboxylic acid groups (broad SMARTS) is 2. The van der Waals surface area contributed by atoms with E-state index in [1.54, 1.807) is 12.1 Å². The first-order chi connectivity index (χ1) is 19.3. The molecule has 0 aliphatic heterocycles. The number of carbonyl (C=O) groups is 2. The Morgan fingerprint density at radius 3 is 1.71 bits per heavy atom. The number of ether oxygens (including phenoxy) is 1. The molecule has 0 saturated carbocycles. The van der Waals surface area contributed by atoms with Crippen LogP contribution in [0.5, 0.6) is 11.5 Å². The van der Waals surface area contributed by atoms with Gasteiger partial charge in [0.2, 0.25) is 0 Å². The molecule has 0 radical (unpaired) electrons. The average molecular weight is 545 g/mol. The normalized spacial score (nSPS) is 12.5. The van der Waals surface area contributed by atoms with Crippen LogP contribution in [-0.2, 0) is 10.8 Å². The van der Waals surface area contributed by atoms with Gasteiger partial charge in [0.05, 0.1) is 11.1 Å². The molecule has 6 aromatic carbocycles. The number of fused-ring (bicyclic) bond motifs is 2. The summed E-state index contributed by atoms with van der Waals surface area (Å²) in [6, 6.07) is 23.0. The van der Waals surface area contributed by atoms with Gasteiger partial charge in [0.25, 0.3) is 0 Å². The molecule has 0 amide bonds. The van der Waals surface area contributed by atoms with Crippen LogP contribution in [0.1, 0.15) is 73.4 Å². The summed E-state index contributed by atoms with van der Waals surface area (Å²) < 4.78 is 6.74. The molecule has 2 N–H and O–H groups in total. The summed E-state index contributed by atoms with van der Waals surface area (Å²) in [4.78, 5) is 24.5. The van der Waals surface area contributed by atoms with E-state index in [1.165, 1.54) is 23.3 Å². The molecule has 0 fully saturated rings. The van der Waals surface area contributed by atoms with Crippen molar-refractivity contribution in [1.29, 1.82) is 0 Å². The van der Waals surface area contributed by atoms with Gasteiger partial charge in [-0.1, -0.05) is 84.0 Å². The van der Waals surface area contributed by atoms with Crippen molar-refractivity contribution in [3.05, 3.63) is 95.1 Å². The van der Waals surface area contributed by atoms with Crippen LogP contribution in [0.2, 0.25) is 0 Å². The van der Waals surface area contributed by atoms with Gasteiger partial charge >= 0.3 is 11.9 Å². The quantitative estimate of drug-likeness (QED) is 0.171. The van der Waals surface area contributed by atoms with E-state index in [0.29, 0.717) is 11.1 Å². The Labute approximate surface area is 238 Å². The van der Waals surface area contributed by atoms with Gasteiger partial charge < -0.3 is 14.9 Å². The lowest BCUT2D eigenvalue weighted by Crippen LogP contribution is -2.16. The first-order valence-corrected chi connectivity index (χ1v) is 13.7. The molecule has 5 heteroatoms. The van der Waals surface area contributed by atoms with E-state index >= 15 is 0 Å². The minimum Gasteiger partial charge on any atom is -0.478 e. The molecular formula is C36H32O5. The molecule has 41 heavy (non-hydrogen) atoms. The zero-order valence-electron chi connectivity index (χ0n) is 24.0. The second-order valence-electron chi connectivity index (χ2n) is 12.9. The lowest BCUT2D eigenvalue weighted by atomic mass is 9.80. The van der Waals surface area contributed by atoms with Crippen LogP contribution in [0.3, 0.4) is 0 Å². The van der Waals surface area contributed by atoms with Crippen molar-refractivity contribution in [2.75, 3.05) is 0 Å². The van der Waals surface area contributed by atoms with E-state index in [2.05, 4.69) is 59.7 Å². The van der Waals surface area contributed by atoms with Gasteiger partial charge in [-0.25, -0.2) is 9.59 Å². The maximum atomic E-state index is 12.3. The highest BCUT2D eigenvalue weighted by atomic mass is 16.5. The summed E-state index contributed by atoms with van der Waals surface area (Å²) in [5.41, 5.74) is 2.08. The fourth-order valence-electron chi connectivity index (χ4n) is 5.87. The van der Waals surface area contributed by atoms with Crippen LogP contribution in [0, 0.1) is 0 Å². The molecule has 0 saturated heterocycles. The fourth-order valence-corrected chi connectivity index (χ4v) is 5.87. The first-order valence-electron chi connectivity index (χ1n) is 13.7. The summed E-state index contributed by atoms with van der Waals surface area (Å²) in [7, 11) is 0. The molecule has 5 nitrogen and oxygen atoms in total. The van der Waals surface area contributed by atoms with Gasteiger partial charge in [0, 0.05) is 16.2 Å². The van der Waals surface area contributed by atoms with E-state index in [9.17, 15) is 19.8 Å². The fraction of sp³-hybridized carbons (Fsp3) is 0.222. The molecular weight excluding hydrogens is 512 g/mol. The Morgan fingerprint density at radius 1 is 0.585 bits per heavy atom. The van der Waals surface area contributed by atoms with E-state index in [4.69, 9.17) is 4.74 Å². The van der Waals surface area contributed by atoms with E-state index in [1.807, 2.05) is 30.3 Å². The lowest BCUT2D eigenvalue weighted by molar-refractivity contribution is 0.0695. The molecule has 6 aromatic rings. The molecule has 206 valence electrons. The molecule has 0 aliphatic rings. The van der Waals surface area contributed by atoms with Crippen LogP contribution in [0.25, 0.3) is 43.1 Å². The highest BCUT2D eigenvalue weighted by Crippen LogP contribution is 2.46. The van der Waals surface area contributed by atoms with Crippen molar-refractivity contribution in [2.45, 2.75) is 52.4 Å². The van der Waals surface area contributed by atoms with Crippen molar-refractivity contribution < 1.29 is 24.5 Å². The van der Waals surface area contributed by atoms with Gasteiger partial charge in [-0.3, -0.25) is 0 Å². The third kappa shape index (κ3) is 4.24. The molecule has 0 atom stereocenters. The van der Waals surface area contributed by atoms with E-state index in [0.717, 1.165) is 38.1 Å². The number of rotatable bonds is 4. The second-order valence-corrected chi connectivity index (χ2v) is 12.9. The number of hydrogen-bond donors (Lipinski definition) is 2. The third-order valence-corrected chi connectivity index (χ3v) is 8.05. The second kappa shape index (κ2) is 8.93. The third-order valence-electron chi connectivity index (χ3n) is 8.05. The number of hydrogen-bond acceptors (Lipinski definition) is 3. The molecule has 0 spiro atoms. The Bertz CT molecular complexity index is 1980. The average Bonchev–Trinajstić information content (AvgIpc) is 2.90. The van der Waals surface area contributed by atoms with Crippen LogP contribution in [0.4, 0.5) is 0 Å². The molecule has 0 unspecified atom stereocenters. The summed E-state index contributed by atoms with van der Waals surface area (Å²) in [5, 5.41) is 26.2. The number of benzene rings is 6. The summed E-state index contributed by atoms with van der Waals surface area (Å²) in [5.74, 6) is -0.984. The van der Waals surface area contributed by atoms with E-state index < -0.39 is 11.9 Å². The van der Waals surface area contributed by atoms with Gasteiger partial charge in [0.1, 0.15) is 11.5 Å². The van der Waals surface area contributed by atoms with Crippen molar-refractivity contribution >= 4 is 55.0 Å². The van der Waals surface area contributed by atoms with Gasteiger partial charge in [-0.2, -0.15) is 0 Å². The summed E-state index contributed by atoms with van der Waals surface area (Å²) in [6.45, 7) is 13.1. The van der Waals surface area contributed by atoms with Crippen LogP contribution in [-0.4, -0.2) is 22.2 Å². The highest BCUT2D eigenvalue weighted by molar-refractivity contribution is 6.36. The van der Waals surface area contributed by atoms with Crippen LogP contribution >= 0.6 is 0 Å². The van der Waals surface area contributed by atoms with Gasteiger partial charge in [0.15, 0.2) is 0 Å². The Kier molecular flexibility index (Phi) is 5.79. The van der Waals surface area contributed by atoms with Crippen molar-refractivity contribution in [2.24, 2.45) is 0 Å². The van der Waals surface area contributed by atoms with Gasteiger partial charge in [-0.15, -0.1) is 0 Å². The maximum Gasteiger partial charge on any atom is 0.336 e. The molecule has 0 aliphatic carbocycles. The van der Waals surface area contributed by atoms with E-state index in [-0.39, 0.29) is 27.3 Å². The van der Waals surface area contributed by atoms with Crippen LogP contribution < -0.4 is 4.74 Å². The Hall–Kier alpha value is -4.64. The molecule has 0 aromatic heterocycles. The first kappa shape index (κ1) is 26.6. The predicted octanol–water partition coefficient (Wildman–Crippen LogP) is 9.52. The Balaban J connectivity index is 1.74.